The maximum atomic E-state index is 9.46. The predicted molar refractivity (Wildman–Crippen MR) is 59.4 cm³/mol. The zero-order valence-electron chi connectivity index (χ0n) is 7.99. The van der Waals surface area contributed by atoms with Crippen molar-refractivity contribution in [1.29, 1.82) is 0 Å². The highest BCUT2D eigenvalue weighted by molar-refractivity contribution is 7.99. The third-order valence-electron chi connectivity index (χ3n) is 1.93. The van der Waals surface area contributed by atoms with Crippen molar-refractivity contribution < 1.29 is 5.11 Å². The van der Waals surface area contributed by atoms with Crippen LogP contribution in [0.25, 0.3) is 0 Å². The van der Waals surface area contributed by atoms with E-state index in [9.17, 15) is 5.11 Å². The minimum absolute atomic E-state index is 0.434. The summed E-state index contributed by atoms with van der Waals surface area (Å²) in [6, 6.07) is 7.58. The Labute approximate surface area is 84.2 Å². The van der Waals surface area contributed by atoms with Crippen LogP contribution in [0.15, 0.2) is 24.3 Å². The van der Waals surface area contributed by atoms with Gasteiger partial charge in [0.1, 0.15) is 5.75 Å². The number of hydrogen-bond donors (Lipinski definition) is 1. The lowest BCUT2D eigenvalue weighted by Crippen LogP contribution is -1.88. The Morgan fingerprint density at radius 1 is 1.31 bits per heavy atom. The fourth-order valence-electron chi connectivity index (χ4n) is 1.23. The molecule has 2 heteroatoms. The van der Waals surface area contributed by atoms with E-state index in [2.05, 4.69) is 6.92 Å². The lowest BCUT2D eigenvalue weighted by molar-refractivity contribution is 0.467. The van der Waals surface area contributed by atoms with Gasteiger partial charge in [0, 0.05) is 0 Å². The number of phenolic OH excluding ortho intramolecular Hbond substituents is 1. The van der Waals surface area contributed by atoms with Crippen molar-refractivity contribution in [2.75, 3.05) is 11.5 Å². The molecule has 0 fully saturated rings. The Morgan fingerprint density at radius 3 is 2.77 bits per heavy atom. The highest BCUT2D eigenvalue weighted by Gasteiger charge is 1.98. The van der Waals surface area contributed by atoms with E-state index in [0.29, 0.717) is 5.75 Å². The minimum Gasteiger partial charge on any atom is -0.508 e. The van der Waals surface area contributed by atoms with Gasteiger partial charge in [-0.3, -0.25) is 0 Å². The van der Waals surface area contributed by atoms with E-state index < -0.39 is 0 Å². The van der Waals surface area contributed by atoms with E-state index >= 15 is 0 Å². The molecule has 0 saturated carbocycles. The number of para-hydroxylation sites is 1. The van der Waals surface area contributed by atoms with Crippen molar-refractivity contribution >= 4 is 11.8 Å². The van der Waals surface area contributed by atoms with Crippen LogP contribution in [0.5, 0.6) is 5.75 Å². The lowest BCUT2D eigenvalue weighted by atomic mass is 10.1. The summed E-state index contributed by atoms with van der Waals surface area (Å²) in [5, 5.41) is 9.46. The second kappa shape index (κ2) is 5.92. The quantitative estimate of drug-likeness (QED) is 0.730. The number of rotatable bonds is 5. The number of benzene rings is 1. The van der Waals surface area contributed by atoms with Gasteiger partial charge in [-0.05, 0) is 36.0 Å². The standard InChI is InChI=1S/C11H16OS/c1-2-13-9-5-7-10-6-3-4-8-11(10)12/h3-4,6,8,12H,2,5,7,9H2,1H3. The minimum atomic E-state index is 0.434. The molecule has 0 atom stereocenters. The van der Waals surface area contributed by atoms with Gasteiger partial charge in [0.2, 0.25) is 0 Å². The van der Waals surface area contributed by atoms with Crippen molar-refractivity contribution in [3.8, 4) is 5.75 Å². The Hall–Kier alpha value is -0.630. The van der Waals surface area contributed by atoms with E-state index in [-0.39, 0.29) is 0 Å². The molecule has 0 aromatic heterocycles. The number of hydrogen-bond acceptors (Lipinski definition) is 2. The molecule has 0 amide bonds. The molecular weight excluding hydrogens is 180 g/mol. The molecule has 1 aromatic carbocycles. The molecule has 0 radical (unpaired) electrons. The van der Waals surface area contributed by atoms with Crippen molar-refractivity contribution in [2.45, 2.75) is 19.8 Å². The van der Waals surface area contributed by atoms with Crippen LogP contribution >= 0.6 is 11.8 Å². The lowest BCUT2D eigenvalue weighted by Gasteiger charge is -2.02. The van der Waals surface area contributed by atoms with Crippen molar-refractivity contribution in [3.05, 3.63) is 29.8 Å². The molecule has 1 rings (SSSR count). The molecular formula is C11H16OS. The van der Waals surface area contributed by atoms with Gasteiger partial charge in [-0.1, -0.05) is 25.1 Å². The molecule has 13 heavy (non-hydrogen) atoms. The first-order valence-electron chi connectivity index (χ1n) is 4.69. The van der Waals surface area contributed by atoms with Gasteiger partial charge in [0.15, 0.2) is 0 Å². The molecule has 0 saturated heterocycles. The fourth-order valence-corrected chi connectivity index (χ4v) is 1.87. The van der Waals surface area contributed by atoms with E-state index in [1.807, 2.05) is 30.0 Å². The van der Waals surface area contributed by atoms with Crippen molar-refractivity contribution in [3.63, 3.8) is 0 Å². The summed E-state index contributed by atoms with van der Waals surface area (Å²) in [4.78, 5) is 0. The average Bonchev–Trinajstić information content (AvgIpc) is 2.15. The SMILES string of the molecule is CCSCCCc1ccccc1O. The molecule has 0 aliphatic heterocycles. The summed E-state index contributed by atoms with van der Waals surface area (Å²) in [6.45, 7) is 2.17. The first-order valence-corrected chi connectivity index (χ1v) is 5.84. The third kappa shape index (κ3) is 3.73. The first-order chi connectivity index (χ1) is 6.34. The Balaban J connectivity index is 2.32. The summed E-state index contributed by atoms with van der Waals surface area (Å²) in [7, 11) is 0. The molecule has 0 heterocycles. The van der Waals surface area contributed by atoms with Crippen molar-refractivity contribution in [1.82, 2.24) is 0 Å². The van der Waals surface area contributed by atoms with Gasteiger partial charge < -0.3 is 5.11 Å². The van der Waals surface area contributed by atoms with Crippen LogP contribution in [0.4, 0.5) is 0 Å². The van der Waals surface area contributed by atoms with E-state index in [0.717, 1.165) is 18.4 Å². The van der Waals surface area contributed by atoms with Gasteiger partial charge in [-0.2, -0.15) is 11.8 Å². The summed E-state index contributed by atoms with van der Waals surface area (Å²) in [6.07, 6.45) is 2.13. The summed E-state index contributed by atoms with van der Waals surface area (Å²) in [5.41, 5.74) is 1.07. The predicted octanol–water partition coefficient (Wildman–Crippen LogP) is 3.08. The van der Waals surface area contributed by atoms with E-state index in [1.54, 1.807) is 6.07 Å². The zero-order chi connectivity index (χ0) is 9.52. The molecule has 1 aromatic rings. The summed E-state index contributed by atoms with van der Waals surface area (Å²) < 4.78 is 0. The second-order valence-corrected chi connectivity index (χ2v) is 4.32. The molecule has 1 nitrogen and oxygen atoms in total. The maximum Gasteiger partial charge on any atom is 0.118 e. The normalized spacial score (nSPS) is 10.2. The van der Waals surface area contributed by atoms with Gasteiger partial charge in [0.25, 0.3) is 0 Å². The monoisotopic (exact) mass is 196 g/mol. The molecule has 0 bridgehead atoms. The number of thioether (sulfide) groups is 1. The molecule has 72 valence electrons. The molecule has 0 aliphatic carbocycles. The molecule has 1 N–H and O–H groups in total. The van der Waals surface area contributed by atoms with Crippen molar-refractivity contribution in [2.24, 2.45) is 0 Å². The second-order valence-electron chi connectivity index (χ2n) is 2.93. The zero-order valence-corrected chi connectivity index (χ0v) is 8.81. The van der Waals surface area contributed by atoms with Gasteiger partial charge in [0.05, 0.1) is 0 Å². The number of phenols is 1. The average molecular weight is 196 g/mol. The Bertz CT molecular complexity index is 248. The summed E-state index contributed by atoms with van der Waals surface area (Å²) >= 11 is 1.95. The van der Waals surface area contributed by atoms with Crippen LogP contribution in [-0.4, -0.2) is 16.6 Å². The van der Waals surface area contributed by atoms with Crippen LogP contribution in [0.3, 0.4) is 0 Å². The number of aromatic hydroxyl groups is 1. The Morgan fingerprint density at radius 2 is 2.08 bits per heavy atom. The van der Waals surface area contributed by atoms with Gasteiger partial charge in [-0.15, -0.1) is 0 Å². The molecule has 0 unspecified atom stereocenters. The topological polar surface area (TPSA) is 20.2 Å². The fraction of sp³-hybridized carbons (Fsp3) is 0.455. The van der Waals surface area contributed by atoms with Gasteiger partial charge >= 0.3 is 0 Å². The first kappa shape index (κ1) is 10.5. The van der Waals surface area contributed by atoms with E-state index in [1.165, 1.54) is 11.5 Å². The molecule has 0 aliphatic rings. The smallest absolute Gasteiger partial charge is 0.118 e. The Kier molecular flexibility index (Phi) is 4.76. The van der Waals surface area contributed by atoms with Crippen LogP contribution in [0, 0.1) is 0 Å². The van der Waals surface area contributed by atoms with Crippen LogP contribution < -0.4 is 0 Å². The number of aryl methyl sites for hydroxylation is 1. The highest BCUT2D eigenvalue weighted by atomic mass is 32.2. The van der Waals surface area contributed by atoms with Crippen LogP contribution in [-0.2, 0) is 6.42 Å². The third-order valence-corrected chi connectivity index (χ3v) is 2.92. The molecule has 0 spiro atoms. The van der Waals surface area contributed by atoms with E-state index in [4.69, 9.17) is 0 Å². The van der Waals surface area contributed by atoms with Gasteiger partial charge in [-0.25, -0.2) is 0 Å². The highest BCUT2D eigenvalue weighted by Crippen LogP contribution is 2.18. The largest absolute Gasteiger partial charge is 0.508 e. The van der Waals surface area contributed by atoms with Crippen LogP contribution in [0.1, 0.15) is 18.9 Å². The summed E-state index contributed by atoms with van der Waals surface area (Å²) in [5.74, 6) is 2.80. The maximum absolute atomic E-state index is 9.46. The van der Waals surface area contributed by atoms with Crippen LogP contribution in [0.2, 0.25) is 0 Å².